The first-order valence-corrected chi connectivity index (χ1v) is 12.9. The molecule has 204 valence electrons. The van der Waals surface area contributed by atoms with E-state index in [-0.39, 0.29) is 24.2 Å². The number of hydrogen-bond acceptors (Lipinski definition) is 7. The topological polar surface area (TPSA) is 114 Å². The van der Waals surface area contributed by atoms with Crippen LogP contribution in [0.2, 0.25) is 0 Å². The van der Waals surface area contributed by atoms with Crippen LogP contribution in [0.25, 0.3) is 33.4 Å². The molecule has 40 heavy (non-hydrogen) atoms. The molecule has 0 bridgehead atoms. The van der Waals surface area contributed by atoms with Gasteiger partial charge in [-0.3, -0.25) is 9.89 Å². The number of hydrogen-bond donors (Lipinski definition) is 3. The van der Waals surface area contributed by atoms with Crippen molar-refractivity contribution in [2.75, 3.05) is 18.5 Å². The average molecular weight is 541 g/mol. The highest BCUT2D eigenvalue weighted by atomic mass is 19.1. The predicted molar refractivity (Wildman–Crippen MR) is 152 cm³/mol. The minimum absolute atomic E-state index is 0.0225. The second-order valence-corrected chi connectivity index (χ2v) is 9.35. The molecule has 0 aliphatic carbocycles. The van der Waals surface area contributed by atoms with Crippen molar-refractivity contribution in [3.05, 3.63) is 78.9 Å². The minimum Gasteiger partial charge on any atom is -0.494 e. The lowest BCUT2D eigenvalue weighted by Crippen LogP contribution is -2.34. The Morgan fingerprint density at radius 3 is 2.58 bits per heavy atom. The number of fused-ring (bicyclic) bond motifs is 1. The number of ether oxygens (including phenoxy) is 2. The van der Waals surface area contributed by atoms with Gasteiger partial charge in [0.15, 0.2) is 12.4 Å². The Bertz CT molecular complexity index is 1640. The number of nitrogens with zero attached hydrogens (tertiary/aromatic N) is 3. The molecule has 0 aliphatic rings. The van der Waals surface area contributed by atoms with E-state index in [1.807, 2.05) is 51.1 Å². The summed E-state index contributed by atoms with van der Waals surface area (Å²) in [6.45, 7) is 6.07. The summed E-state index contributed by atoms with van der Waals surface area (Å²) in [4.78, 5) is 21.5. The molecular formula is C30H29FN6O3. The maximum atomic E-state index is 15.2. The maximum absolute atomic E-state index is 15.2. The van der Waals surface area contributed by atoms with Crippen LogP contribution >= 0.6 is 0 Å². The summed E-state index contributed by atoms with van der Waals surface area (Å²) in [7, 11) is 0. The van der Waals surface area contributed by atoms with Crippen molar-refractivity contribution in [2.45, 2.75) is 26.8 Å². The Labute approximate surface area is 230 Å². The number of H-pyrrole nitrogens is 1. The SMILES string of the molecule is CCOc1ccc2nc(-c3cccc(OCC(=O)NC(C)C)c3)nc(Nc3ccc(-c4cn[nH]c4)cc3F)c2c1. The zero-order chi connectivity index (χ0) is 28.1. The first kappa shape index (κ1) is 26.6. The molecule has 0 aliphatic heterocycles. The lowest BCUT2D eigenvalue weighted by molar-refractivity contribution is -0.123. The van der Waals surface area contributed by atoms with Crippen molar-refractivity contribution in [3.63, 3.8) is 0 Å². The van der Waals surface area contributed by atoms with Gasteiger partial charge in [-0.05, 0) is 68.8 Å². The van der Waals surface area contributed by atoms with E-state index in [0.717, 1.165) is 5.56 Å². The molecule has 3 N–H and O–H groups in total. The molecule has 2 heterocycles. The van der Waals surface area contributed by atoms with E-state index >= 15 is 4.39 Å². The van der Waals surface area contributed by atoms with Crippen molar-refractivity contribution in [2.24, 2.45) is 0 Å². The normalized spacial score (nSPS) is 11.0. The molecule has 5 aromatic rings. The lowest BCUT2D eigenvalue weighted by atomic mass is 10.1. The van der Waals surface area contributed by atoms with Crippen LogP contribution in [0.15, 0.2) is 73.1 Å². The van der Waals surface area contributed by atoms with Crippen molar-refractivity contribution in [1.29, 1.82) is 0 Å². The summed E-state index contributed by atoms with van der Waals surface area (Å²) in [5.41, 5.74) is 3.06. The smallest absolute Gasteiger partial charge is 0.258 e. The standard InChI is InChI=1S/C30H29FN6O3/c1-4-39-23-9-11-26-24(14-23)30(36-27-10-8-19(13-25(27)31)21-15-32-33-16-21)37-29(35-26)20-6-5-7-22(12-20)40-17-28(38)34-18(2)3/h5-16,18H,4,17H2,1-3H3,(H,32,33)(H,34,38)(H,35,36,37). The maximum Gasteiger partial charge on any atom is 0.258 e. The van der Waals surface area contributed by atoms with Crippen molar-refractivity contribution >= 4 is 28.3 Å². The number of carbonyl (C=O) groups excluding carboxylic acids is 1. The molecule has 9 nitrogen and oxygen atoms in total. The third-order valence-corrected chi connectivity index (χ3v) is 5.94. The summed E-state index contributed by atoms with van der Waals surface area (Å²) < 4.78 is 26.6. The van der Waals surface area contributed by atoms with E-state index in [9.17, 15) is 4.79 Å². The Hall–Kier alpha value is -4.99. The van der Waals surface area contributed by atoms with Crippen LogP contribution in [0.4, 0.5) is 15.9 Å². The number of benzene rings is 3. The van der Waals surface area contributed by atoms with E-state index in [0.29, 0.717) is 51.8 Å². The van der Waals surface area contributed by atoms with Gasteiger partial charge in [0, 0.05) is 28.8 Å². The fourth-order valence-electron chi connectivity index (χ4n) is 4.16. The highest BCUT2D eigenvalue weighted by Crippen LogP contribution is 2.33. The summed E-state index contributed by atoms with van der Waals surface area (Å²) in [6, 6.07) is 17.6. The van der Waals surface area contributed by atoms with Gasteiger partial charge >= 0.3 is 0 Å². The summed E-state index contributed by atoms with van der Waals surface area (Å²) >= 11 is 0. The quantitative estimate of drug-likeness (QED) is 0.203. The fraction of sp³-hybridized carbons (Fsp3) is 0.200. The lowest BCUT2D eigenvalue weighted by Gasteiger charge is -2.14. The van der Waals surface area contributed by atoms with Crippen LogP contribution in [-0.4, -0.2) is 45.3 Å². The number of nitrogens with one attached hydrogen (secondary N) is 3. The first-order valence-electron chi connectivity index (χ1n) is 12.9. The van der Waals surface area contributed by atoms with Crippen LogP contribution in [0.3, 0.4) is 0 Å². The van der Waals surface area contributed by atoms with Crippen LogP contribution in [0, 0.1) is 5.82 Å². The van der Waals surface area contributed by atoms with E-state index < -0.39 is 5.82 Å². The van der Waals surface area contributed by atoms with E-state index in [1.54, 1.807) is 36.7 Å². The van der Waals surface area contributed by atoms with Gasteiger partial charge < -0.3 is 20.1 Å². The molecule has 1 amide bonds. The molecule has 0 atom stereocenters. The van der Waals surface area contributed by atoms with Gasteiger partial charge in [-0.2, -0.15) is 5.10 Å². The molecule has 0 saturated carbocycles. The number of halogens is 1. The molecule has 3 aromatic carbocycles. The first-order chi connectivity index (χ1) is 19.4. The van der Waals surface area contributed by atoms with Crippen LogP contribution in [-0.2, 0) is 4.79 Å². The largest absolute Gasteiger partial charge is 0.494 e. The second-order valence-electron chi connectivity index (χ2n) is 9.35. The fourth-order valence-corrected chi connectivity index (χ4v) is 4.16. The molecule has 0 saturated heterocycles. The Morgan fingerprint density at radius 2 is 1.82 bits per heavy atom. The van der Waals surface area contributed by atoms with Gasteiger partial charge in [-0.1, -0.05) is 18.2 Å². The van der Waals surface area contributed by atoms with Crippen molar-refractivity contribution in [1.82, 2.24) is 25.5 Å². The predicted octanol–water partition coefficient (Wildman–Crippen LogP) is 5.87. The van der Waals surface area contributed by atoms with Crippen LogP contribution in [0.5, 0.6) is 11.5 Å². The molecule has 0 fully saturated rings. The van der Waals surface area contributed by atoms with Crippen LogP contribution < -0.4 is 20.1 Å². The molecule has 2 aromatic heterocycles. The van der Waals surface area contributed by atoms with Crippen LogP contribution in [0.1, 0.15) is 20.8 Å². The zero-order valence-electron chi connectivity index (χ0n) is 22.4. The van der Waals surface area contributed by atoms with Crippen molar-refractivity contribution in [3.8, 4) is 34.0 Å². The molecule has 5 rings (SSSR count). The number of aromatic nitrogens is 4. The number of carbonyl (C=O) groups is 1. The molecular weight excluding hydrogens is 511 g/mol. The highest BCUT2D eigenvalue weighted by Gasteiger charge is 2.15. The Kier molecular flexibility index (Phi) is 7.86. The summed E-state index contributed by atoms with van der Waals surface area (Å²) in [5, 5.41) is 13.3. The molecule has 0 unspecified atom stereocenters. The third-order valence-electron chi connectivity index (χ3n) is 5.94. The monoisotopic (exact) mass is 540 g/mol. The number of amides is 1. The number of anilines is 2. The number of rotatable bonds is 10. The Balaban J connectivity index is 1.50. The average Bonchev–Trinajstić information content (AvgIpc) is 3.48. The molecule has 10 heteroatoms. The summed E-state index contributed by atoms with van der Waals surface area (Å²) in [5.74, 6) is 1.33. The van der Waals surface area contributed by atoms with E-state index in [4.69, 9.17) is 19.4 Å². The van der Waals surface area contributed by atoms with Gasteiger partial charge in [0.1, 0.15) is 23.1 Å². The van der Waals surface area contributed by atoms with Gasteiger partial charge in [0.05, 0.1) is 24.0 Å². The zero-order valence-corrected chi connectivity index (χ0v) is 22.4. The molecule has 0 spiro atoms. The molecule has 0 radical (unpaired) electrons. The highest BCUT2D eigenvalue weighted by molar-refractivity contribution is 5.93. The second kappa shape index (κ2) is 11.8. The van der Waals surface area contributed by atoms with Gasteiger partial charge in [-0.15, -0.1) is 0 Å². The van der Waals surface area contributed by atoms with Gasteiger partial charge in [0.2, 0.25) is 0 Å². The third kappa shape index (κ3) is 6.17. The van der Waals surface area contributed by atoms with E-state index in [1.165, 1.54) is 6.07 Å². The van der Waals surface area contributed by atoms with Gasteiger partial charge in [-0.25, -0.2) is 14.4 Å². The Morgan fingerprint density at radius 1 is 0.975 bits per heavy atom. The minimum atomic E-state index is -0.442. The van der Waals surface area contributed by atoms with Crippen molar-refractivity contribution < 1.29 is 18.7 Å². The van der Waals surface area contributed by atoms with Gasteiger partial charge in [0.25, 0.3) is 5.91 Å². The van der Waals surface area contributed by atoms with E-state index in [2.05, 4.69) is 20.8 Å². The summed E-state index contributed by atoms with van der Waals surface area (Å²) in [6.07, 6.45) is 3.34. The number of aromatic amines is 1.